The van der Waals surface area contributed by atoms with Crippen molar-refractivity contribution in [2.75, 3.05) is 23.6 Å². The lowest BCUT2D eigenvalue weighted by atomic mass is 10.2. The third kappa shape index (κ3) is 6.68. The van der Waals surface area contributed by atoms with Crippen molar-refractivity contribution in [1.29, 1.82) is 0 Å². The zero-order chi connectivity index (χ0) is 21.7. The molecule has 0 spiro atoms. The van der Waals surface area contributed by atoms with Crippen molar-refractivity contribution >= 4 is 33.3 Å². The standard InChI is InChI=1S/C17H17F3N4O4S/c1-21-16(26)23-12-4-6-13(7-5-12)24-29(27,28)14-8-2-11(3-9-14)15(25)22-10-17(18,19)20/h2-9,24H,10H2,1H3,(H,22,25)(H2,21,23,26). The van der Waals surface area contributed by atoms with Gasteiger partial charge in [-0.15, -0.1) is 0 Å². The lowest BCUT2D eigenvalue weighted by Gasteiger charge is -2.11. The van der Waals surface area contributed by atoms with Crippen molar-refractivity contribution in [1.82, 2.24) is 10.6 Å². The first-order valence-electron chi connectivity index (χ1n) is 8.07. The summed E-state index contributed by atoms with van der Waals surface area (Å²) in [7, 11) is -2.55. The van der Waals surface area contributed by atoms with E-state index >= 15 is 0 Å². The van der Waals surface area contributed by atoms with E-state index in [0.29, 0.717) is 5.69 Å². The second kappa shape index (κ2) is 8.82. The molecule has 29 heavy (non-hydrogen) atoms. The molecule has 0 aromatic heterocycles. The van der Waals surface area contributed by atoms with E-state index in [0.717, 1.165) is 24.3 Å². The SMILES string of the molecule is CNC(=O)Nc1ccc(NS(=O)(=O)c2ccc(C(=O)NCC(F)(F)F)cc2)cc1. The maximum absolute atomic E-state index is 12.4. The number of rotatable bonds is 6. The molecule has 0 unspecified atom stereocenters. The third-order valence-corrected chi connectivity index (χ3v) is 4.90. The minimum absolute atomic E-state index is 0.113. The maximum atomic E-state index is 12.4. The fourth-order valence-corrected chi connectivity index (χ4v) is 3.16. The van der Waals surface area contributed by atoms with Crippen LogP contribution in [0.1, 0.15) is 10.4 Å². The van der Waals surface area contributed by atoms with Gasteiger partial charge in [0.1, 0.15) is 6.54 Å². The van der Waals surface area contributed by atoms with Gasteiger partial charge in [-0.1, -0.05) is 0 Å². The Morgan fingerprint density at radius 3 is 2.00 bits per heavy atom. The number of amides is 3. The summed E-state index contributed by atoms with van der Waals surface area (Å²) in [4.78, 5) is 22.7. The van der Waals surface area contributed by atoms with E-state index in [9.17, 15) is 31.2 Å². The van der Waals surface area contributed by atoms with Crippen LogP contribution in [-0.4, -0.2) is 40.1 Å². The van der Waals surface area contributed by atoms with Gasteiger partial charge in [0.15, 0.2) is 0 Å². The molecule has 12 heteroatoms. The van der Waals surface area contributed by atoms with Gasteiger partial charge in [-0.2, -0.15) is 13.2 Å². The number of anilines is 2. The highest BCUT2D eigenvalue weighted by atomic mass is 32.2. The summed E-state index contributed by atoms with van der Waals surface area (Å²) < 4.78 is 63.6. The molecule has 0 saturated carbocycles. The first kappa shape index (κ1) is 22.0. The van der Waals surface area contributed by atoms with Crippen LogP contribution in [0.4, 0.5) is 29.3 Å². The van der Waals surface area contributed by atoms with Crippen molar-refractivity contribution in [3.05, 3.63) is 54.1 Å². The Bertz CT molecular complexity index is 975. The summed E-state index contributed by atoms with van der Waals surface area (Å²) in [5, 5.41) is 6.58. The average Bonchev–Trinajstić information content (AvgIpc) is 2.67. The van der Waals surface area contributed by atoms with E-state index in [1.165, 1.54) is 31.3 Å². The number of urea groups is 1. The third-order valence-electron chi connectivity index (χ3n) is 3.50. The number of nitrogens with one attached hydrogen (secondary N) is 4. The van der Waals surface area contributed by atoms with Crippen LogP contribution in [-0.2, 0) is 10.0 Å². The molecule has 0 radical (unpaired) electrons. The molecule has 0 aliphatic rings. The van der Waals surface area contributed by atoms with Crippen LogP contribution >= 0.6 is 0 Å². The Morgan fingerprint density at radius 2 is 1.48 bits per heavy atom. The maximum Gasteiger partial charge on any atom is 0.405 e. The van der Waals surface area contributed by atoms with E-state index in [2.05, 4.69) is 15.4 Å². The van der Waals surface area contributed by atoms with Gasteiger partial charge < -0.3 is 16.0 Å². The van der Waals surface area contributed by atoms with Gasteiger partial charge in [-0.25, -0.2) is 13.2 Å². The minimum Gasteiger partial charge on any atom is -0.343 e. The summed E-state index contributed by atoms with van der Waals surface area (Å²) in [6.07, 6.45) is -4.55. The number of carbonyl (C=O) groups is 2. The van der Waals surface area contributed by atoms with Crippen LogP contribution in [0.25, 0.3) is 0 Å². The predicted octanol–water partition coefficient (Wildman–Crippen LogP) is 2.53. The number of carbonyl (C=O) groups excluding carboxylic acids is 2. The molecule has 2 rings (SSSR count). The van der Waals surface area contributed by atoms with Crippen molar-refractivity contribution < 1.29 is 31.2 Å². The molecule has 0 saturated heterocycles. The highest BCUT2D eigenvalue weighted by molar-refractivity contribution is 7.92. The molecular formula is C17H17F3N4O4S. The van der Waals surface area contributed by atoms with Crippen LogP contribution in [0.3, 0.4) is 0 Å². The number of alkyl halides is 3. The second-order valence-corrected chi connectivity index (χ2v) is 7.39. The molecule has 0 aliphatic heterocycles. The fraction of sp³-hybridized carbons (Fsp3) is 0.176. The van der Waals surface area contributed by atoms with Crippen molar-refractivity contribution in [3.8, 4) is 0 Å². The molecule has 0 aliphatic carbocycles. The van der Waals surface area contributed by atoms with Crippen molar-refractivity contribution in [2.45, 2.75) is 11.1 Å². The smallest absolute Gasteiger partial charge is 0.343 e. The zero-order valence-corrected chi connectivity index (χ0v) is 15.8. The molecule has 8 nitrogen and oxygen atoms in total. The molecule has 4 N–H and O–H groups in total. The first-order valence-corrected chi connectivity index (χ1v) is 9.55. The molecule has 3 amide bonds. The Balaban J connectivity index is 2.05. The highest BCUT2D eigenvalue weighted by Crippen LogP contribution is 2.19. The summed E-state index contributed by atoms with van der Waals surface area (Å²) in [5.74, 6) is -0.974. The monoisotopic (exact) mass is 430 g/mol. The quantitative estimate of drug-likeness (QED) is 0.564. The molecule has 2 aromatic rings. The van der Waals surface area contributed by atoms with Gasteiger partial charge in [-0.3, -0.25) is 9.52 Å². The Kier molecular flexibility index (Phi) is 6.69. The van der Waals surface area contributed by atoms with Crippen LogP contribution in [0, 0.1) is 0 Å². The lowest BCUT2D eigenvalue weighted by molar-refractivity contribution is -0.123. The number of hydrogen-bond acceptors (Lipinski definition) is 4. The second-order valence-electron chi connectivity index (χ2n) is 5.71. The van der Waals surface area contributed by atoms with Gasteiger partial charge >= 0.3 is 12.2 Å². The fourth-order valence-electron chi connectivity index (χ4n) is 2.10. The van der Waals surface area contributed by atoms with Crippen molar-refractivity contribution in [3.63, 3.8) is 0 Å². The number of hydrogen-bond donors (Lipinski definition) is 4. The van der Waals surface area contributed by atoms with Crippen LogP contribution in [0.5, 0.6) is 0 Å². The van der Waals surface area contributed by atoms with Gasteiger partial charge in [0, 0.05) is 24.0 Å². The van der Waals surface area contributed by atoms with Gasteiger partial charge in [-0.05, 0) is 48.5 Å². The van der Waals surface area contributed by atoms with Crippen LogP contribution < -0.4 is 20.7 Å². The van der Waals surface area contributed by atoms with E-state index in [1.807, 2.05) is 0 Å². The van der Waals surface area contributed by atoms with Gasteiger partial charge in [0.2, 0.25) is 0 Å². The summed E-state index contributed by atoms with van der Waals surface area (Å²) in [5.41, 5.74) is 0.554. The van der Waals surface area contributed by atoms with Crippen LogP contribution in [0.15, 0.2) is 53.4 Å². The predicted molar refractivity (Wildman–Crippen MR) is 100 cm³/mol. The largest absolute Gasteiger partial charge is 0.405 e. The molecule has 2 aromatic carbocycles. The average molecular weight is 430 g/mol. The molecule has 0 heterocycles. The zero-order valence-electron chi connectivity index (χ0n) is 15.0. The molecule has 0 bridgehead atoms. The summed E-state index contributed by atoms with van der Waals surface area (Å²) >= 11 is 0. The summed E-state index contributed by atoms with van der Waals surface area (Å²) in [6.45, 7) is -1.49. The van der Waals surface area contributed by atoms with Crippen LogP contribution in [0.2, 0.25) is 0 Å². The number of sulfonamides is 1. The topological polar surface area (TPSA) is 116 Å². The van der Waals surface area contributed by atoms with E-state index < -0.39 is 34.7 Å². The van der Waals surface area contributed by atoms with E-state index in [-0.39, 0.29) is 16.1 Å². The van der Waals surface area contributed by atoms with Gasteiger partial charge in [0.25, 0.3) is 15.9 Å². The minimum atomic E-state index is -4.55. The summed E-state index contributed by atoms with van der Waals surface area (Å²) in [6, 6.07) is 9.83. The first-order chi connectivity index (χ1) is 13.5. The van der Waals surface area contributed by atoms with Gasteiger partial charge in [0.05, 0.1) is 4.90 Å². The highest BCUT2D eigenvalue weighted by Gasteiger charge is 2.28. The Morgan fingerprint density at radius 1 is 0.931 bits per heavy atom. The van der Waals surface area contributed by atoms with E-state index in [4.69, 9.17) is 0 Å². The normalized spacial score (nSPS) is 11.4. The molecular weight excluding hydrogens is 413 g/mol. The number of halogens is 3. The molecule has 0 atom stereocenters. The van der Waals surface area contributed by atoms with E-state index in [1.54, 1.807) is 5.32 Å². The Hall–Kier alpha value is -3.28. The molecule has 156 valence electrons. The Labute approximate surface area is 164 Å². The number of benzene rings is 2. The molecule has 0 fully saturated rings. The lowest BCUT2D eigenvalue weighted by Crippen LogP contribution is -2.33. The van der Waals surface area contributed by atoms with Crippen molar-refractivity contribution in [2.24, 2.45) is 0 Å².